The Bertz CT molecular complexity index is 1740. The average molecular weight is 664 g/mol. The van der Waals surface area contributed by atoms with Crippen LogP contribution in [0.1, 0.15) is 82.1 Å². The zero-order chi connectivity index (χ0) is 33.1. The smallest absolute Gasteiger partial charge is 0.410 e. The lowest BCUT2D eigenvalue weighted by atomic mass is 9.65. The van der Waals surface area contributed by atoms with Gasteiger partial charge in [-0.15, -0.1) is 11.3 Å². The molecule has 1 aromatic carbocycles. The van der Waals surface area contributed by atoms with Crippen LogP contribution < -0.4 is 5.32 Å². The van der Waals surface area contributed by atoms with E-state index < -0.39 is 13.9 Å². The van der Waals surface area contributed by atoms with Gasteiger partial charge in [-0.3, -0.25) is 10.1 Å². The zero-order valence-electron chi connectivity index (χ0n) is 28.1. The van der Waals surface area contributed by atoms with Crippen LogP contribution in [0.2, 0.25) is 18.1 Å². The van der Waals surface area contributed by atoms with E-state index in [1.54, 1.807) is 12.3 Å². The van der Waals surface area contributed by atoms with Gasteiger partial charge in [0.15, 0.2) is 20.5 Å². The molecule has 1 saturated carbocycles. The molecule has 10 nitrogen and oxygen atoms in total. The highest BCUT2D eigenvalue weighted by molar-refractivity contribution is 7.17. The topological polar surface area (TPSA) is 112 Å². The first-order valence-electron chi connectivity index (χ1n) is 16.0. The number of amides is 2. The number of benzene rings is 1. The minimum Gasteiger partial charge on any atom is -0.444 e. The van der Waals surface area contributed by atoms with E-state index in [1.165, 1.54) is 17.7 Å². The minimum atomic E-state index is -1.93. The van der Waals surface area contributed by atoms with Crippen LogP contribution in [0.15, 0.2) is 47.3 Å². The molecule has 1 spiro atoms. The summed E-state index contributed by atoms with van der Waals surface area (Å²) < 4.78 is 19.7. The van der Waals surface area contributed by atoms with E-state index in [0.29, 0.717) is 36.3 Å². The maximum absolute atomic E-state index is 13.5. The van der Waals surface area contributed by atoms with Crippen molar-refractivity contribution in [2.45, 2.75) is 97.2 Å². The van der Waals surface area contributed by atoms with Crippen molar-refractivity contribution in [1.29, 1.82) is 0 Å². The lowest BCUT2D eigenvalue weighted by Crippen LogP contribution is -2.43. The molecular formula is C34H45N5O5SSi. The van der Waals surface area contributed by atoms with Crippen LogP contribution in [0.3, 0.4) is 0 Å². The maximum Gasteiger partial charge on any atom is 0.410 e. The minimum absolute atomic E-state index is 0.0378. The molecule has 0 unspecified atom stereocenters. The van der Waals surface area contributed by atoms with Crippen molar-refractivity contribution in [3.8, 4) is 10.6 Å². The van der Waals surface area contributed by atoms with Gasteiger partial charge in [0.05, 0.1) is 33.6 Å². The molecule has 246 valence electrons. The van der Waals surface area contributed by atoms with Gasteiger partial charge in [0.2, 0.25) is 5.95 Å². The summed E-state index contributed by atoms with van der Waals surface area (Å²) in [5.41, 5.74) is 2.37. The molecule has 1 saturated heterocycles. The molecule has 46 heavy (non-hydrogen) atoms. The predicted octanol–water partition coefficient (Wildman–Crippen LogP) is 8.49. The van der Waals surface area contributed by atoms with Crippen molar-refractivity contribution >= 4 is 48.6 Å². The van der Waals surface area contributed by atoms with Gasteiger partial charge in [0, 0.05) is 19.1 Å². The summed E-state index contributed by atoms with van der Waals surface area (Å²) in [7, 11) is -1.93. The Kier molecular flexibility index (Phi) is 8.21. The summed E-state index contributed by atoms with van der Waals surface area (Å²) in [5, 5.41) is 3.24. The number of carbonyl (C=O) groups excluding carboxylic acids is 2. The first kappa shape index (κ1) is 32.5. The monoisotopic (exact) mass is 663 g/mol. The number of thiophene rings is 1. The normalized spacial score (nSPS) is 20.3. The quantitative estimate of drug-likeness (QED) is 0.197. The molecule has 0 bridgehead atoms. The molecule has 12 heteroatoms. The first-order chi connectivity index (χ1) is 21.5. The van der Waals surface area contributed by atoms with Crippen molar-refractivity contribution in [3.05, 3.63) is 53.4 Å². The number of hydrogen-bond donors (Lipinski definition) is 1. The van der Waals surface area contributed by atoms with Crippen molar-refractivity contribution in [2.24, 2.45) is 5.41 Å². The number of rotatable bonds is 7. The number of hydrogen-bond acceptors (Lipinski definition) is 8. The van der Waals surface area contributed by atoms with E-state index in [-0.39, 0.29) is 28.5 Å². The van der Waals surface area contributed by atoms with E-state index in [2.05, 4.69) is 66.9 Å². The fourth-order valence-electron chi connectivity index (χ4n) is 6.14. The fourth-order valence-corrected chi connectivity index (χ4v) is 7.95. The molecule has 1 N–H and O–H groups in total. The molecular weight excluding hydrogens is 619 g/mol. The number of anilines is 1. The summed E-state index contributed by atoms with van der Waals surface area (Å²) >= 11 is 1.35. The molecule has 2 fully saturated rings. The molecule has 1 aliphatic heterocycles. The third-order valence-electron chi connectivity index (χ3n) is 9.68. The molecule has 3 aromatic heterocycles. The van der Waals surface area contributed by atoms with Crippen LogP contribution >= 0.6 is 11.3 Å². The number of nitrogens with one attached hydrogen (secondary N) is 1. The Morgan fingerprint density at radius 3 is 2.57 bits per heavy atom. The standard InChI is InChI=1S/C34H45N5O5SSi/c1-32(2,3)44-31(41)38-14-13-34(20-38)16-23(17-34)39-25-10-9-22(19-43-46(7,8)33(4,5)6)15-24(25)36-30(39)37-29(40)28-12-11-27(45-28)26-18-35-21-42-26/h9-12,15,18,21,23H,13-14,16-17,19-20H2,1-8H3,(H,36,37,40)/t23-,34-. The Morgan fingerprint density at radius 2 is 1.89 bits per heavy atom. The SMILES string of the molecule is CC(C)(C)OC(=O)N1CC[C@]2(C1)C[C@H](n1c(NC(=O)c3ccc(-c4cnco4)s3)nc3cc(CO[Si](C)(C)C(C)(C)C)ccc31)C2. The molecule has 0 atom stereocenters. The predicted molar refractivity (Wildman–Crippen MR) is 183 cm³/mol. The zero-order valence-corrected chi connectivity index (χ0v) is 29.9. The molecule has 4 aromatic rings. The second kappa shape index (κ2) is 11.6. The average Bonchev–Trinajstić information content (AvgIpc) is 3.74. The lowest BCUT2D eigenvalue weighted by molar-refractivity contribution is 0.0199. The van der Waals surface area contributed by atoms with Gasteiger partial charge in [0.25, 0.3) is 5.91 Å². The Labute approximate surface area is 275 Å². The van der Waals surface area contributed by atoms with Crippen LogP contribution in [0.4, 0.5) is 10.7 Å². The lowest BCUT2D eigenvalue weighted by Gasteiger charge is -2.46. The molecule has 1 aliphatic carbocycles. The van der Waals surface area contributed by atoms with Gasteiger partial charge < -0.3 is 23.0 Å². The highest BCUT2D eigenvalue weighted by atomic mass is 32.1. The highest BCUT2D eigenvalue weighted by Crippen LogP contribution is 2.55. The second-order valence-electron chi connectivity index (χ2n) is 15.4. The van der Waals surface area contributed by atoms with Crippen LogP contribution in [0, 0.1) is 5.41 Å². The number of fused-ring (bicyclic) bond motifs is 1. The number of ether oxygens (including phenoxy) is 1. The van der Waals surface area contributed by atoms with Crippen molar-refractivity contribution in [2.75, 3.05) is 18.4 Å². The first-order valence-corrected chi connectivity index (χ1v) is 19.7. The second-order valence-corrected chi connectivity index (χ2v) is 21.3. The summed E-state index contributed by atoms with van der Waals surface area (Å²) in [6.07, 6.45) is 5.49. The van der Waals surface area contributed by atoms with Crippen LogP contribution in [-0.2, 0) is 15.8 Å². The number of oxazole rings is 1. The number of aromatic nitrogens is 3. The third-order valence-corrected chi connectivity index (χ3v) is 15.3. The van der Waals surface area contributed by atoms with Crippen LogP contribution in [0.5, 0.6) is 0 Å². The molecule has 0 radical (unpaired) electrons. The Balaban J connectivity index is 1.25. The maximum atomic E-state index is 13.5. The number of imidazole rings is 1. The van der Waals surface area contributed by atoms with Crippen LogP contribution in [0.25, 0.3) is 21.7 Å². The summed E-state index contributed by atoms with van der Waals surface area (Å²) in [6.45, 7) is 18.8. The van der Waals surface area contributed by atoms with Gasteiger partial charge in [-0.25, -0.2) is 14.8 Å². The number of nitrogens with zero attached hydrogens (tertiary/aromatic N) is 4. The third kappa shape index (κ3) is 6.52. The molecule has 6 rings (SSSR count). The van der Waals surface area contributed by atoms with Gasteiger partial charge in [-0.05, 0) is 93.4 Å². The van der Waals surface area contributed by atoms with Gasteiger partial charge >= 0.3 is 6.09 Å². The molecule has 2 aliphatic rings. The largest absolute Gasteiger partial charge is 0.444 e. The summed E-state index contributed by atoms with van der Waals surface area (Å²) in [6, 6.07) is 10.1. The number of likely N-dealkylation sites (tertiary alicyclic amines) is 1. The Hall–Kier alpha value is -3.48. The van der Waals surface area contributed by atoms with E-state index in [4.69, 9.17) is 18.6 Å². The fraction of sp³-hybridized carbons (Fsp3) is 0.529. The Morgan fingerprint density at radius 1 is 1.13 bits per heavy atom. The van der Waals surface area contributed by atoms with E-state index >= 15 is 0 Å². The van der Waals surface area contributed by atoms with E-state index in [1.807, 2.05) is 31.7 Å². The highest BCUT2D eigenvalue weighted by Gasteiger charge is 2.51. The number of carbonyl (C=O) groups is 2. The van der Waals surface area contributed by atoms with Gasteiger partial charge in [-0.2, -0.15) is 0 Å². The summed E-state index contributed by atoms with van der Waals surface area (Å²) in [4.78, 5) is 38.5. The van der Waals surface area contributed by atoms with Crippen LogP contribution in [-0.4, -0.2) is 58.4 Å². The van der Waals surface area contributed by atoms with Gasteiger partial charge in [0.1, 0.15) is 5.60 Å². The van der Waals surface area contributed by atoms with Gasteiger partial charge in [-0.1, -0.05) is 26.8 Å². The van der Waals surface area contributed by atoms with Crippen molar-refractivity contribution < 1.29 is 23.2 Å². The van der Waals surface area contributed by atoms with Crippen molar-refractivity contribution in [1.82, 2.24) is 19.4 Å². The van der Waals surface area contributed by atoms with E-state index in [9.17, 15) is 9.59 Å². The summed E-state index contributed by atoms with van der Waals surface area (Å²) in [5.74, 6) is 0.930. The molecule has 4 heterocycles. The van der Waals surface area contributed by atoms with Crippen molar-refractivity contribution in [3.63, 3.8) is 0 Å². The molecule has 2 amide bonds. The van der Waals surface area contributed by atoms with E-state index in [0.717, 1.165) is 40.7 Å².